The summed E-state index contributed by atoms with van der Waals surface area (Å²) < 4.78 is 0. The van der Waals surface area contributed by atoms with Crippen molar-refractivity contribution in [1.82, 2.24) is 0 Å². The van der Waals surface area contributed by atoms with Crippen molar-refractivity contribution < 1.29 is 0 Å². The van der Waals surface area contributed by atoms with Gasteiger partial charge in [-0.15, -0.1) is 23.5 Å². The molecule has 0 aliphatic carbocycles. The fourth-order valence-corrected chi connectivity index (χ4v) is 6.82. The van der Waals surface area contributed by atoms with Crippen molar-refractivity contribution in [2.45, 2.75) is 16.2 Å². The van der Waals surface area contributed by atoms with Crippen molar-refractivity contribution in [3.8, 4) is 0 Å². The summed E-state index contributed by atoms with van der Waals surface area (Å²) in [5.41, 5.74) is 7.77. The first-order valence-electron chi connectivity index (χ1n) is 7.28. The lowest BCUT2D eigenvalue weighted by atomic mass is 10.1. The third-order valence-electron chi connectivity index (χ3n) is 3.40. The summed E-state index contributed by atoms with van der Waals surface area (Å²) in [5.74, 6) is 7.95. The molecule has 3 rings (SSSR count). The zero-order valence-corrected chi connectivity index (χ0v) is 15.5. The van der Waals surface area contributed by atoms with Gasteiger partial charge in [-0.2, -0.15) is 23.5 Å². The Kier molecular flexibility index (Phi) is 6.07. The molecule has 0 amide bonds. The Bertz CT molecular complexity index is 601. The molecule has 3 N–H and O–H groups in total. The van der Waals surface area contributed by atoms with Crippen LogP contribution >= 0.6 is 47.0 Å². The van der Waals surface area contributed by atoms with Gasteiger partial charge in [0, 0.05) is 43.9 Å². The van der Waals surface area contributed by atoms with E-state index in [1.807, 2.05) is 35.3 Å². The zero-order valence-electron chi connectivity index (χ0n) is 12.3. The lowest BCUT2D eigenvalue weighted by Gasteiger charge is -2.11. The second kappa shape index (κ2) is 8.04. The van der Waals surface area contributed by atoms with Gasteiger partial charge in [0.1, 0.15) is 5.84 Å². The van der Waals surface area contributed by atoms with Gasteiger partial charge in [0.2, 0.25) is 0 Å². The van der Waals surface area contributed by atoms with Gasteiger partial charge >= 0.3 is 0 Å². The highest BCUT2D eigenvalue weighted by Gasteiger charge is 2.21. The average Bonchev–Trinajstić information content (AvgIpc) is 2.79. The van der Waals surface area contributed by atoms with E-state index in [9.17, 15) is 0 Å². The molecule has 22 heavy (non-hydrogen) atoms. The Morgan fingerprint density at radius 3 is 2.09 bits per heavy atom. The van der Waals surface area contributed by atoms with Gasteiger partial charge in [-0.1, -0.05) is 0 Å². The number of nitrogens with two attached hydrogens (primary N) is 1. The van der Waals surface area contributed by atoms with Gasteiger partial charge in [-0.25, -0.2) is 4.99 Å². The topological polar surface area (TPSA) is 62.2 Å². The molecule has 0 fully saturated rings. The van der Waals surface area contributed by atoms with Crippen LogP contribution in [0.1, 0.15) is 17.5 Å². The molecule has 118 valence electrons. The van der Waals surface area contributed by atoms with E-state index in [-0.39, 0.29) is 0 Å². The molecule has 0 bridgehead atoms. The van der Waals surface area contributed by atoms with Crippen molar-refractivity contribution in [2.75, 3.05) is 34.5 Å². The summed E-state index contributed by atoms with van der Waals surface area (Å²) in [6, 6.07) is 4.26. The quantitative estimate of drug-likeness (QED) is 0.728. The van der Waals surface area contributed by atoms with Crippen molar-refractivity contribution in [3.05, 3.63) is 23.3 Å². The SMILES string of the molecule is N=C1N=C(N)c2cc3c(cc21)SCCSCCCSCCS3. The van der Waals surface area contributed by atoms with Gasteiger partial charge < -0.3 is 5.73 Å². The van der Waals surface area contributed by atoms with E-state index in [0.29, 0.717) is 11.7 Å². The van der Waals surface area contributed by atoms with Gasteiger partial charge in [-0.05, 0) is 30.1 Å². The Hall–Kier alpha value is -0.240. The van der Waals surface area contributed by atoms with E-state index in [2.05, 4.69) is 28.9 Å². The molecule has 3 nitrogen and oxygen atoms in total. The summed E-state index contributed by atoms with van der Waals surface area (Å²) in [7, 11) is 0. The lowest BCUT2D eigenvalue weighted by molar-refractivity contribution is 1.12. The van der Waals surface area contributed by atoms with Gasteiger partial charge in [0.25, 0.3) is 0 Å². The van der Waals surface area contributed by atoms with Crippen LogP contribution in [0.4, 0.5) is 0 Å². The Morgan fingerprint density at radius 1 is 0.864 bits per heavy atom. The van der Waals surface area contributed by atoms with E-state index in [1.165, 1.54) is 39.2 Å². The second-order valence-corrected chi connectivity index (χ2v) is 9.69. The highest BCUT2D eigenvalue weighted by Crippen LogP contribution is 2.36. The van der Waals surface area contributed by atoms with E-state index in [4.69, 9.17) is 11.1 Å². The number of hydrogen-bond acceptors (Lipinski definition) is 6. The minimum Gasteiger partial charge on any atom is -0.383 e. The zero-order chi connectivity index (χ0) is 15.4. The Labute approximate surface area is 148 Å². The summed E-state index contributed by atoms with van der Waals surface area (Å²) in [6.45, 7) is 0. The molecule has 1 aromatic rings. The highest BCUT2D eigenvalue weighted by atomic mass is 32.2. The molecule has 2 aliphatic heterocycles. The van der Waals surface area contributed by atoms with Crippen LogP contribution in [0.5, 0.6) is 0 Å². The van der Waals surface area contributed by atoms with Gasteiger partial charge in [-0.3, -0.25) is 5.41 Å². The predicted octanol–water partition coefficient (Wildman–Crippen LogP) is 3.79. The largest absolute Gasteiger partial charge is 0.383 e. The third kappa shape index (κ3) is 3.99. The van der Waals surface area contributed by atoms with Crippen LogP contribution in [0.25, 0.3) is 0 Å². The number of thioether (sulfide) groups is 4. The maximum Gasteiger partial charge on any atom is 0.154 e. The molecule has 0 saturated heterocycles. The standard InChI is InChI=1S/C15H19N3S4/c16-14-10-8-12-13(9-11(10)15(17)18-14)22-7-5-20-3-1-2-19-4-6-21-12/h8-9H,1-7H2,(H3,16,17,18). The molecule has 0 atom stereocenters. The molecule has 7 heteroatoms. The maximum atomic E-state index is 7.96. The molecule has 2 heterocycles. The minimum absolute atomic E-state index is 0.300. The molecular formula is C15H19N3S4. The highest BCUT2D eigenvalue weighted by molar-refractivity contribution is 8.05. The molecule has 0 unspecified atom stereocenters. The van der Waals surface area contributed by atoms with Crippen LogP contribution in [-0.4, -0.2) is 46.2 Å². The molecule has 0 radical (unpaired) electrons. The number of rotatable bonds is 0. The normalized spacial score (nSPS) is 20.2. The lowest BCUT2D eigenvalue weighted by Crippen LogP contribution is -2.10. The number of nitrogens with one attached hydrogen (secondary N) is 1. The first kappa shape index (κ1) is 16.6. The monoisotopic (exact) mass is 369 g/mol. The number of amidine groups is 2. The summed E-state index contributed by atoms with van der Waals surface area (Å²) in [4.78, 5) is 6.68. The van der Waals surface area contributed by atoms with E-state index < -0.39 is 0 Å². The smallest absolute Gasteiger partial charge is 0.154 e. The van der Waals surface area contributed by atoms with Crippen LogP contribution < -0.4 is 5.73 Å². The third-order valence-corrected chi connectivity index (χ3v) is 8.30. The van der Waals surface area contributed by atoms with Crippen LogP contribution in [0.3, 0.4) is 0 Å². The fourth-order valence-electron chi connectivity index (χ4n) is 2.32. The van der Waals surface area contributed by atoms with Crippen LogP contribution in [-0.2, 0) is 0 Å². The second-order valence-electron chi connectivity index (χ2n) is 4.97. The minimum atomic E-state index is 0.300. The average molecular weight is 370 g/mol. The first-order chi connectivity index (χ1) is 10.8. The van der Waals surface area contributed by atoms with Crippen LogP contribution in [0.15, 0.2) is 26.9 Å². The molecule has 0 saturated carbocycles. The van der Waals surface area contributed by atoms with Crippen molar-refractivity contribution >= 4 is 58.7 Å². The number of nitrogens with zero attached hydrogens (tertiary/aromatic N) is 1. The van der Waals surface area contributed by atoms with Crippen molar-refractivity contribution in [1.29, 1.82) is 5.41 Å². The fraction of sp³-hybridized carbons (Fsp3) is 0.467. The van der Waals surface area contributed by atoms with E-state index in [0.717, 1.165) is 22.6 Å². The van der Waals surface area contributed by atoms with Crippen LogP contribution in [0.2, 0.25) is 0 Å². The Balaban J connectivity index is 1.84. The summed E-state index contributed by atoms with van der Waals surface area (Å²) in [5, 5.41) is 7.96. The number of hydrogen-bond donors (Lipinski definition) is 2. The number of benzene rings is 1. The summed E-state index contributed by atoms with van der Waals surface area (Å²) in [6.07, 6.45) is 1.32. The van der Waals surface area contributed by atoms with Crippen molar-refractivity contribution in [3.63, 3.8) is 0 Å². The van der Waals surface area contributed by atoms with E-state index in [1.54, 1.807) is 0 Å². The number of aliphatic imine (C=N–C) groups is 1. The van der Waals surface area contributed by atoms with Crippen molar-refractivity contribution in [2.24, 2.45) is 10.7 Å². The molecule has 2 aliphatic rings. The first-order valence-corrected chi connectivity index (χ1v) is 11.6. The van der Waals surface area contributed by atoms with Crippen LogP contribution in [0, 0.1) is 5.41 Å². The molecule has 0 spiro atoms. The molecule has 1 aromatic carbocycles. The predicted molar refractivity (Wildman–Crippen MR) is 105 cm³/mol. The number of fused-ring (bicyclic) bond motifs is 2. The van der Waals surface area contributed by atoms with Gasteiger partial charge in [0.15, 0.2) is 5.84 Å². The van der Waals surface area contributed by atoms with E-state index >= 15 is 0 Å². The maximum absolute atomic E-state index is 7.96. The Morgan fingerprint density at radius 2 is 1.45 bits per heavy atom. The van der Waals surface area contributed by atoms with Gasteiger partial charge in [0.05, 0.1) is 0 Å². The summed E-state index contributed by atoms with van der Waals surface area (Å²) >= 11 is 7.91. The molecular weight excluding hydrogens is 350 g/mol. The molecule has 0 aromatic heterocycles.